The number of carbonyl (C=O) groups is 2. The van der Waals surface area contributed by atoms with Gasteiger partial charge in [-0.15, -0.1) is 0 Å². The van der Waals surface area contributed by atoms with E-state index in [1.54, 1.807) is 18.2 Å². The van der Waals surface area contributed by atoms with Crippen LogP contribution in [0.25, 0.3) is 6.08 Å². The maximum Gasteiger partial charge on any atom is 0.266 e. The maximum atomic E-state index is 12.9. The molecule has 0 spiro atoms. The van der Waals surface area contributed by atoms with E-state index in [-0.39, 0.29) is 11.5 Å². The van der Waals surface area contributed by atoms with E-state index < -0.39 is 5.91 Å². The Morgan fingerprint density at radius 1 is 1.06 bits per heavy atom. The van der Waals surface area contributed by atoms with Crippen LogP contribution in [-0.2, 0) is 9.59 Å². The number of amides is 2. The summed E-state index contributed by atoms with van der Waals surface area (Å²) in [5.74, 6) is -0.729. The van der Waals surface area contributed by atoms with Gasteiger partial charge in [-0.1, -0.05) is 25.3 Å². The highest BCUT2D eigenvalue weighted by molar-refractivity contribution is 6.11. The second-order valence-electron chi connectivity index (χ2n) is 8.34. The van der Waals surface area contributed by atoms with Crippen molar-refractivity contribution in [3.05, 3.63) is 52.4 Å². The van der Waals surface area contributed by atoms with Crippen molar-refractivity contribution >= 4 is 29.3 Å². The number of rotatable bonds is 5. The van der Waals surface area contributed by atoms with E-state index in [0.29, 0.717) is 17.4 Å². The fourth-order valence-electron chi connectivity index (χ4n) is 4.40. The second-order valence-corrected chi connectivity index (χ2v) is 8.34. The minimum atomic E-state index is -0.498. The Morgan fingerprint density at radius 2 is 1.77 bits per heavy atom. The first kappa shape index (κ1) is 22.4. The highest BCUT2D eigenvalue weighted by Crippen LogP contribution is 2.33. The molecule has 162 valence electrons. The number of nitrogens with one attached hydrogen (secondary N) is 2. The number of hydrogen-bond acceptors (Lipinski definition) is 3. The van der Waals surface area contributed by atoms with Gasteiger partial charge in [-0.2, -0.15) is 5.26 Å². The monoisotopic (exact) mass is 418 g/mol. The number of anilines is 2. The number of nitriles is 1. The number of nitrogens with zero attached hydrogens (tertiary/aromatic N) is 2. The molecule has 0 radical (unpaired) electrons. The Bertz CT molecular complexity index is 1070. The first-order chi connectivity index (χ1) is 14.8. The summed E-state index contributed by atoms with van der Waals surface area (Å²) in [6.07, 6.45) is 7.78. The summed E-state index contributed by atoms with van der Waals surface area (Å²) in [5.41, 5.74) is 5.05. The minimum absolute atomic E-state index is 0.0270. The summed E-state index contributed by atoms with van der Waals surface area (Å²) >= 11 is 0. The molecular formula is C25H30N4O2. The molecule has 2 N–H and O–H groups in total. The number of carbonyl (C=O) groups excluding carboxylic acids is 2. The summed E-state index contributed by atoms with van der Waals surface area (Å²) < 4.78 is 2.35. The molecule has 3 rings (SSSR count). The lowest BCUT2D eigenvalue weighted by Crippen LogP contribution is -2.16. The smallest absolute Gasteiger partial charge is 0.266 e. The van der Waals surface area contributed by atoms with Gasteiger partial charge >= 0.3 is 0 Å². The Balaban J connectivity index is 1.88. The SMILES string of the molecule is CC(=O)Nc1ccc(C)cc1NC(=O)/C(C#N)=C/c1cc(C)n(C2CCCCC2)c1C. The molecule has 1 heterocycles. The van der Waals surface area contributed by atoms with E-state index in [1.807, 2.05) is 25.1 Å². The van der Waals surface area contributed by atoms with Crippen molar-refractivity contribution in [1.82, 2.24) is 4.57 Å². The van der Waals surface area contributed by atoms with E-state index >= 15 is 0 Å². The zero-order valence-electron chi connectivity index (χ0n) is 18.7. The van der Waals surface area contributed by atoms with E-state index in [1.165, 1.54) is 39.0 Å². The van der Waals surface area contributed by atoms with Crippen LogP contribution in [0.5, 0.6) is 0 Å². The van der Waals surface area contributed by atoms with E-state index in [2.05, 4.69) is 29.0 Å². The maximum absolute atomic E-state index is 12.9. The van der Waals surface area contributed by atoms with Crippen LogP contribution in [0.4, 0.5) is 11.4 Å². The fraction of sp³-hybridized carbons (Fsp3) is 0.400. The molecule has 0 aliphatic heterocycles. The van der Waals surface area contributed by atoms with Gasteiger partial charge in [0.2, 0.25) is 5.91 Å². The number of benzene rings is 1. The molecule has 1 aliphatic rings. The van der Waals surface area contributed by atoms with Gasteiger partial charge < -0.3 is 15.2 Å². The molecule has 0 bridgehead atoms. The van der Waals surface area contributed by atoms with Crippen molar-refractivity contribution in [2.75, 3.05) is 10.6 Å². The summed E-state index contributed by atoms with van der Waals surface area (Å²) in [5, 5.41) is 15.2. The number of hydrogen-bond donors (Lipinski definition) is 2. The molecule has 6 heteroatoms. The molecule has 0 unspecified atom stereocenters. The molecule has 1 aromatic heterocycles. The predicted octanol–water partition coefficient (Wildman–Crippen LogP) is 5.42. The molecule has 31 heavy (non-hydrogen) atoms. The molecule has 1 aromatic carbocycles. The van der Waals surface area contributed by atoms with E-state index in [0.717, 1.165) is 22.5 Å². The summed E-state index contributed by atoms with van der Waals surface area (Å²) in [4.78, 5) is 24.4. The summed E-state index contributed by atoms with van der Waals surface area (Å²) in [6.45, 7) is 7.44. The molecule has 1 aliphatic carbocycles. The third-order valence-electron chi connectivity index (χ3n) is 5.86. The Morgan fingerprint density at radius 3 is 2.42 bits per heavy atom. The normalized spacial score (nSPS) is 14.7. The molecule has 2 aromatic rings. The Hall–Kier alpha value is -3.33. The highest BCUT2D eigenvalue weighted by Gasteiger charge is 2.20. The van der Waals surface area contributed by atoms with Gasteiger partial charge in [-0.05, 0) is 69.0 Å². The van der Waals surface area contributed by atoms with Gasteiger partial charge in [-0.25, -0.2) is 0 Å². The molecular weight excluding hydrogens is 388 g/mol. The van der Waals surface area contributed by atoms with Crippen molar-refractivity contribution in [1.29, 1.82) is 5.26 Å². The molecule has 6 nitrogen and oxygen atoms in total. The van der Waals surface area contributed by atoms with E-state index in [9.17, 15) is 14.9 Å². The zero-order chi connectivity index (χ0) is 22.5. The van der Waals surface area contributed by atoms with Crippen molar-refractivity contribution < 1.29 is 9.59 Å². The highest BCUT2D eigenvalue weighted by atomic mass is 16.2. The van der Waals surface area contributed by atoms with Gasteiger partial charge in [0.15, 0.2) is 0 Å². The van der Waals surface area contributed by atoms with Gasteiger partial charge in [0.1, 0.15) is 11.6 Å². The minimum Gasteiger partial charge on any atom is -0.346 e. The first-order valence-electron chi connectivity index (χ1n) is 10.8. The predicted molar refractivity (Wildman–Crippen MR) is 124 cm³/mol. The van der Waals surface area contributed by atoms with Crippen LogP contribution in [0.2, 0.25) is 0 Å². The van der Waals surface area contributed by atoms with Crippen LogP contribution < -0.4 is 10.6 Å². The van der Waals surface area contributed by atoms with Crippen molar-refractivity contribution in [2.24, 2.45) is 0 Å². The van der Waals surface area contributed by atoms with Crippen LogP contribution in [0.15, 0.2) is 29.8 Å². The fourth-order valence-corrected chi connectivity index (χ4v) is 4.40. The number of aromatic nitrogens is 1. The van der Waals surface area contributed by atoms with Gasteiger partial charge in [-0.3, -0.25) is 9.59 Å². The summed E-state index contributed by atoms with van der Waals surface area (Å²) in [6, 6.07) is 9.92. The second kappa shape index (κ2) is 9.65. The van der Waals surface area contributed by atoms with Crippen LogP contribution in [-0.4, -0.2) is 16.4 Å². The van der Waals surface area contributed by atoms with Gasteiger partial charge in [0, 0.05) is 24.4 Å². The molecule has 1 fully saturated rings. The first-order valence-corrected chi connectivity index (χ1v) is 10.8. The van der Waals surface area contributed by atoms with Crippen LogP contribution in [0.3, 0.4) is 0 Å². The molecule has 0 atom stereocenters. The zero-order valence-corrected chi connectivity index (χ0v) is 18.7. The lowest BCUT2D eigenvalue weighted by Gasteiger charge is -2.26. The lowest BCUT2D eigenvalue weighted by molar-refractivity contribution is -0.114. The van der Waals surface area contributed by atoms with E-state index in [4.69, 9.17) is 0 Å². The quantitative estimate of drug-likeness (QED) is 0.502. The van der Waals surface area contributed by atoms with Crippen molar-refractivity contribution in [3.8, 4) is 6.07 Å². The number of aryl methyl sites for hydroxylation is 2. The van der Waals surface area contributed by atoms with Gasteiger partial charge in [0.25, 0.3) is 5.91 Å². The summed E-state index contributed by atoms with van der Waals surface area (Å²) in [7, 11) is 0. The third kappa shape index (κ3) is 5.24. The van der Waals surface area contributed by atoms with Crippen LogP contribution >= 0.6 is 0 Å². The third-order valence-corrected chi connectivity index (χ3v) is 5.86. The largest absolute Gasteiger partial charge is 0.346 e. The molecule has 2 amide bonds. The average Bonchev–Trinajstić information content (AvgIpc) is 3.01. The Kier molecular flexibility index (Phi) is 6.96. The standard InChI is InChI=1S/C25H30N4O2/c1-16-10-11-23(27-19(4)30)24(12-16)28-25(31)21(15-26)14-20-13-17(2)29(18(20)3)22-8-6-5-7-9-22/h10-14,22H,5-9H2,1-4H3,(H,27,30)(H,28,31)/b21-14+. The van der Waals surface area contributed by atoms with Crippen molar-refractivity contribution in [2.45, 2.75) is 65.8 Å². The topological polar surface area (TPSA) is 86.9 Å². The van der Waals surface area contributed by atoms with Crippen LogP contribution in [0, 0.1) is 32.1 Å². The molecule has 1 saturated carbocycles. The van der Waals surface area contributed by atoms with Crippen molar-refractivity contribution in [3.63, 3.8) is 0 Å². The van der Waals surface area contributed by atoms with Crippen LogP contribution in [0.1, 0.15) is 67.6 Å². The lowest BCUT2D eigenvalue weighted by atomic mass is 9.95. The average molecular weight is 419 g/mol. The van der Waals surface area contributed by atoms with Gasteiger partial charge in [0.05, 0.1) is 11.4 Å². The Labute approximate surface area is 184 Å². The molecule has 0 saturated heterocycles.